The molecule has 1 aliphatic carbocycles. The first-order valence-electron chi connectivity index (χ1n) is 15.6. The molecule has 1 atom stereocenters. The summed E-state index contributed by atoms with van der Waals surface area (Å²) < 4.78 is 11.6. The van der Waals surface area contributed by atoms with Crippen LogP contribution in [-0.4, -0.2) is 72.3 Å². The number of aliphatic imine (C=N–C) groups is 1. The van der Waals surface area contributed by atoms with Crippen LogP contribution in [0.15, 0.2) is 47.5 Å². The van der Waals surface area contributed by atoms with Crippen molar-refractivity contribution in [1.29, 1.82) is 0 Å². The fourth-order valence-corrected chi connectivity index (χ4v) is 5.77. The maximum absolute atomic E-state index is 13.0. The van der Waals surface area contributed by atoms with E-state index in [1.54, 1.807) is 15.9 Å². The molecule has 2 aliphatic rings. The van der Waals surface area contributed by atoms with Crippen LogP contribution in [0.4, 0.5) is 11.4 Å². The highest BCUT2D eigenvalue weighted by atomic mass is 16.5. The number of anilines is 1. The SMILES string of the molecule is CCC(O)N(C(=O)CCCCCOc1ccc2c(c1)CN(CC(=O)Oc1ccccc1N(C)C)C(N)=N2)C1CCCCC1. The van der Waals surface area contributed by atoms with Crippen LogP contribution in [0.2, 0.25) is 0 Å². The maximum atomic E-state index is 13.0. The molecule has 2 aromatic rings. The molecule has 0 saturated heterocycles. The van der Waals surface area contributed by atoms with Crippen LogP contribution in [0, 0.1) is 0 Å². The van der Waals surface area contributed by atoms with Gasteiger partial charge in [-0.05, 0) is 68.9 Å². The molecule has 0 radical (unpaired) electrons. The second-order valence-corrected chi connectivity index (χ2v) is 11.6. The Balaban J connectivity index is 1.22. The maximum Gasteiger partial charge on any atom is 0.331 e. The number of fused-ring (bicyclic) bond motifs is 1. The fourth-order valence-electron chi connectivity index (χ4n) is 5.77. The lowest BCUT2D eigenvalue weighted by Gasteiger charge is -2.37. The molecule has 1 unspecified atom stereocenters. The van der Waals surface area contributed by atoms with E-state index in [9.17, 15) is 14.7 Å². The molecule has 10 nitrogen and oxygen atoms in total. The van der Waals surface area contributed by atoms with E-state index in [2.05, 4.69) is 4.99 Å². The highest BCUT2D eigenvalue weighted by Gasteiger charge is 2.29. The average molecular weight is 594 g/mol. The monoisotopic (exact) mass is 593 g/mol. The third-order valence-corrected chi connectivity index (χ3v) is 8.11. The largest absolute Gasteiger partial charge is 0.494 e. The highest BCUT2D eigenvalue weighted by molar-refractivity contribution is 5.88. The van der Waals surface area contributed by atoms with Crippen LogP contribution < -0.4 is 20.1 Å². The second-order valence-electron chi connectivity index (χ2n) is 11.6. The summed E-state index contributed by atoms with van der Waals surface area (Å²) in [6.45, 7) is 2.83. The number of nitrogens with two attached hydrogens (primary N) is 1. The number of nitrogens with zero attached hydrogens (tertiary/aromatic N) is 4. The van der Waals surface area contributed by atoms with Gasteiger partial charge in [0.05, 0.1) is 18.0 Å². The van der Waals surface area contributed by atoms with E-state index < -0.39 is 12.2 Å². The molecular weight excluding hydrogens is 546 g/mol. The van der Waals surface area contributed by atoms with Crippen LogP contribution in [0.5, 0.6) is 11.5 Å². The van der Waals surface area contributed by atoms with Gasteiger partial charge in [0, 0.05) is 38.7 Å². The number of carbonyl (C=O) groups is 2. The van der Waals surface area contributed by atoms with Crippen LogP contribution in [0.25, 0.3) is 0 Å². The van der Waals surface area contributed by atoms with Crippen molar-refractivity contribution in [2.75, 3.05) is 32.1 Å². The van der Waals surface area contributed by atoms with Gasteiger partial charge in [-0.2, -0.15) is 0 Å². The molecule has 1 saturated carbocycles. The molecule has 1 aliphatic heterocycles. The van der Waals surface area contributed by atoms with Gasteiger partial charge in [0.15, 0.2) is 11.7 Å². The molecule has 0 aromatic heterocycles. The quantitative estimate of drug-likeness (QED) is 0.137. The standard InChI is InChI=1S/C33H47N5O5/c1-4-30(39)38(25-13-7-5-8-14-25)31(40)17-9-6-12-20-42-26-18-19-27-24(21-26)22-37(33(34)35-27)23-32(41)43-29-16-11-10-15-28(29)36(2)3/h10-11,15-16,18-19,21,25,30,39H,4-9,12-14,17,20,22-23H2,1-3H3,(H2,34,35). The van der Waals surface area contributed by atoms with E-state index in [1.165, 1.54) is 6.42 Å². The van der Waals surface area contributed by atoms with Crippen molar-refractivity contribution >= 4 is 29.2 Å². The Kier molecular flexibility index (Phi) is 11.7. The number of ether oxygens (including phenoxy) is 2. The number of amides is 1. The summed E-state index contributed by atoms with van der Waals surface area (Å²) in [6, 6.07) is 13.2. The predicted octanol–water partition coefficient (Wildman–Crippen LogP) is 4.95. The first-order valence-corrected chi connectivity index (χ1v) is 15.6. The van der Waals surface area contributed by atoms with E-state index in [4.69, 9.17) is 15.2 Å². The molecule has 0 spiro atoms. The molecule has 1 heterocycles. The zero-order valence-electron chi connectivity index (χ0n) is 25.8. The van der Waals surface area contributed by atoms with Gasteiger partial charge in [0.1, 0.15) is 18.5 Å². The predicted molar refractivity (Wildman–Crippen MR) is 169 cm³/mol. The Morgan fingerprint density at radius 3 is 2.60 bits per heavy atom. The lowest BCUT2D eigenvalue weighted by atomic mass is 9.93. The summed E-state index contributed by atoms with van der Waals surface area (Å²) in [7, 11) is 3.79. The van der Waals surface area contributed by atoms with Crippen molar-refractivity contribution in [2.24, 2.45) is 10.7 Å². The first-order chi connectivity index (χ1) is 20.8. The van der Waals surface area contributed by atoms with Crippen molar-refractivity contribution in [3.8, 4) is 11.5 Å². The molecule has 2 aromatic carbocycles. The summed E-state index contributed by atoms with van der Waals surface area (Å²) in [5.41, 5.74) is 8.65. The van der Waals surface area contributed by atoms with Crippen LogP contribution >= 0.6 is 0 Å². The van der Waals surface area contributed by atoms with Gasteiger partial charge in [-0.1, -0.05) is 38.3 Å². The number of unbranched alkanes of at least 4 members (excludes halogenated alkanes) is 2. The molecule has 234 valence electrons. The van der Waals surface area contributed by atoms with E-state index in [1.807, 2.05) is 62.3 Å². The summed E-state index contributed by atoms with van der Waals surface area (Å²) in [6.07, 6.45) is 8.21. The van der Waals surface area contributed by atoms with Crippen molar-refractivity contribution in [3.05, 3.63) is 48.0 Å². The van der Waals surface area contributed by atoms with Crippen LogP contribution in [-0.2, 0) is 16.1 Å². The molecular formula is C33H47N5O5. The van der Waals surface area contributed by atoms with Gasteiger partial charge in [0.25, 0.3) is 0 Å². The van der Waals surface area contributed by atoms with Crippen molar-refractivity contribution in [2.45, 2.75) is 89.9 Å². The number of para-hydroxylation sites is 2. The molecule has 4 rings (SSSR count). The Morgan fingerprint density at radius 2 is 1.86 bits per heavy atom. The Hall–Kier alpha value is -3.79. The van der Waals surface area contributed by atoms with Gasteiger partial charge < -0.3 is 35.0 Å². The van der Waals surface area contributed by atoms with Gasteiger partial charge in [-0.15, -0.1) is 0 Å². The lowest BCUT2D eigenvalue weighted by molar-refractivity contribution is -0.147. The molecule has 3 N–H and O–H groups in total. The highest BCUT2D eigenvalue weighted by Crippen LogP contribution is 2.30. The smallest absolute Gasteiger partial charge is 0.331 e. The Labute approximate surface area is 255 Å². The number of hydrogen-bond acceptors (Lipinski definition) is 9. The van der Waals surface area contributed by atoms with E-state index in [0.29, 0.717) is 31.7 Å². The zero-order valence-corrected chi connectivity index (χ0v) is 25.8. The number of rotatable bonds is 14. The van der Waals surface area contributed by atoms with Crippen LogP contribution in [0.3, 0.4) is 0 Å². The summed E-state index contributed by atoms with van der Waals surface area (Å²) >= 11 is 0. The normalized spacial score (nSPS) is 15.7. The second kappa shape index (κ2) is 15.6. The van der Waals surface area contributed by atoms with Crippen molar-refractivity contribution in [3.63, 3.8) is 0 Å². The van der Waals surface area contributed by atoms with Gasteiger partial charge >= 0.3 is 5.97 Å². The number of aliphatic hydroxyl groups excluding tert-OH is 1. The third-order valence-electron chi connectivity index (χ3n) is 8.11. The van der Waals surface area contributed by atoms with E-state index >= 15 is 0 Å². The summed E-state index contributed by atoms with van der Waals surface area (Å²) in [5, 5.41) is 10.5. The number of hydrogen-bond donors (Lipinski definition) is 2. The molecule has 10 heteroatoms. The fraction of sp³-hybridized carbons (Fsp3) is 0.545. The molecule has 1 fully saturated rings. The minimum absolute atomic E-state index is 0.0339. The number of guanidine groups is 1. The number of carbonyl (C=O) groups excluding carboxylic acids is 2. The number of benzene rings is 2. The Morgan fingerprint density at radius 1 is 1.09 bits per heavy atom. The summed E-state index contributed by atoms with van der Waals surface area (Å²) in [5.74, 6) is 1.12. The molecule has 43 heavy (non-hydrogen) atoms. The van der Waals surface area contributed by atoms with Gasteiger partial charge in [-0.25, -0.2) is 9.79 Å². The minimum Gasteiger partial charge on any atom is -0.494 e. The summed E-state index contributed by atoms with van der Waals surface area (Å²) in [4.78, 5) is 35.5. The Bertz CT molecular complexity index is 1260. The first kappa shape index (κ1) is 32.1. The van der Waals surface area contributed by atoms with Crippen molar-refractivity contribution < 1.29 is 24.2 Å². The van der Waals surface area contributed by atoms with Crippen molar-refractivity contribution in [1.82, 2.24) is 9.80 Å². The van der Waals surface area contributed by atoms with Gasteiger partial charge in [-0.3, -0.25) is 4.79 Å². The number of esters is 1. The van der Waals surface area contributed by atoms with Gasteiger partial charge in [0.2, 0.25) is 5.91 Å². The third kappa shape index (κ3) is 8.86. The van der Waals surface area contributed by atoms with E-state index in [-0.39, 0.29) is 24.5 Å². The molecule has 1 amide bonds. The molecule has 0 bridgehead atoms. The van der Waals surface area contributed by atoms with E-state index in [0.717, 1.165) is 67.6 Å². The minimum atomic E-state index is -0.691. The number of aliphatic hydroxyl groups is 1. The van der Waals surface area contributed by atoms with Crippen LogP contribution in [0.1, 0.15) is 76.7 Å². The topological polar surface area (TPSA) is 121 Å². The average Bonchev–Trinajstić information content (AvgIpc) is 3.00. The lowest BCUT2D eigenvalue weighted by Crippen LogP contribution is -2.47. The zero-order chi connectivity index (χ0) is 30.8.